The minimum atomic E-state index is -0.944. The Labute approximate surface area is 108 Å². The molecule has 0 fully saturated rings. The van der Waals surface area contributed by atoms with Crippen molar-refractivity contribution in [2.75, 3.05) is 5.88 Å². The number of alkyl halides is 1. The highest BCUT2D eigenvalue weighted by Crippen LogP contribution is 2.23. The molecule has 6 heteroatoms. The molecule has 17 heavy (non-hydrogen) atoms. The van der Waals surface area contributed by atoms with Crippen molar-refractivity contribution >= 4 is 40.9 Å². The van der Waals surface area contributed by atoms with E-state index < -0.39 is 17.7 Å². The van der Waals surface area contributed by atoms with Crippen molar-refractivity contribution in [3.05, 3.63) is 34.9 Å². The molecule has 0 radical (unpaired) electrons. The van der Waals surface area contributed by atoms with Crippen molar-refractivity contribution in [1.29, 1.82) is 0 Å². The minimum Gasteiger partial charge on any atom is -0.312 e. The Morgan fingerprint density at radius 3 is 2.71 bits per heavy atom. The standard InChI is InChI=1S/C11H8Cl2N2O2/c12-5-8-14-10(16)9(11(17)15-8)6-2-1-3-7(13)4-6/h1-4,9H,5H2,(H,14,15,16,17). The number of aliphatic imine (C=N–C) groups is 1. The van der Waals surface area contributed by atoms with Crippen LogP contribution >= 0.6 is 23.2 Å². The van der Waals surface area contributed by atoms with E-state index in [0.29, 0.717) is 10.6 Å². The molecule has 1 aliphatic rings. The molecule has 1 N–H and O–H groups in total. The number of nitrogens with zero attached hydrogens (tertiary/aromatic N) is 1. The Bertz CT molecular complexity index is 514. The fraction of sp³-hybridized carbons (Fsp3) is 0.182. The van der Waals surface area contributed by atoms with Crippen molar-refractivity contribution in [1.82, 2.24) is 5.32 Å². The third kappa shape index (κ3) is 2.48. The molecule has 2 amide bonds. The zero-order valence-electron chi connectivity index (χ0n) is 8.61. The van der Waals surface area contributed by atoms with E-state index in [0.717, 1.165) is 0 Å². The molecule has 1 aromatic rings. The number of amides is 2. The monoisotopic (exact) mass is 270 g/mol. The number of carbonyl (C=O) groups is 2. The normalized spacial score (nSPS) is 19.9. The summed E-state index contributed by atoms with van der Waals surface area (Å²) in [6, 6.07) is 6.59. The molecule has 1 atom stereocenters. The van der Waals surface area contributed by atoms with Crippen molar-refractivity contribution in [3.8, 4) is 0 Å². The van der Waals surface area contributed by atoms with Crippen molar-refractivity contribution in [3.63, 3.8) is 0 Å². The van der Waals surface area contributed by atoms with E-state index in [9.17, 15) is 9.59 Å². The van der Waals surface area contributed by atoms with E-state index in [-0.39, 0.29) is 11.7 Å². The van der Waals surface area contributed by atoms with Gasteiger partial charge in [0, 0.05) is 5.02 Å². The second-order valence-electron chi connectivity index (χ2n) is 3.51. The molecular weight excluding hydrogens is 263 g/mol. The summed E-state index contributed by atoms with van der Waals surface area (Å²) in [7, 11) is 0. The molecule has 2 rings (SSSR count). The smallest absolute Gasteiger partial charge is 0.264 e. The van der Waals surface area contributed by atoms with Gasteiger partial charge >= 0.3 is 0 Å². The molecule has 1 heterocycles. The first kappa shape index (κ1) is 12.1. The summed E-state index contributed by atoms with van der Waals surface area (Å²) in [6.07, 6.45) is 0. The lowest BCUT2D eigenvalue weighted by molar-refractivity contribution is -0.129. The third-order valence-electron chi connectivity index (χ3n) is 2.33. The lowest BCUT2D eigenvalue weighted by Gasteiger charge is -2.19. The fourth-order valence-electron chi connectivity index (χ4n) is 1.60. The van der Waals surface area contributed by atoms with Gasteiger partial charge < -0.3 is 5.32 Å². The number of nitrogens with one attached hydrogen (secondary N) is 1. The molecule has 0 aliphatic carbocycles. The lowest BCUT2D eigenvalue weighted by Crippen LogP contribution is -2.43. The summed E-state index contributed by atoms with van der Waals surface area (Å²) in [6.45, 7) is 0. The molecule has 0 bridgehead atoms. The number of hydrogen-bond donors (Lipinski definition) is 1. The van der Waals surface area contributed by atoms with E-state index in [4.69, 9.17) is 23.2 Å². The van der Waals surface area contributed by atoms with Crippen LogP contribution in [0, 0.1) is 0 Å². The van der Waals surface area contributed by atoms with Crippen LogP contribution in [0.1, 0.15) is 11.5 Å². The number of halogens is 2. The Hall–Kier alpha value is -1.39. The molecule has 0 spiro atoms. The predicted molar refractivity (Wildman–Crippen MR) is 65.5 cm³/mol. The van der Waals surface area contributed by atoms with Crippen LogP contribution in [-0.4, -0.2) is 23.5 Å². The van der Waals surface area contributed by atoms with E-state index in [1.165, 1.54) is 0 Å². The SMILES string of the molecule is O=C1N=C(CCl)NC(=O)C1c1cccc(Cl)c1. The zero-order chi connectivity index (χ0) is 12.4. The molecule has 1 unspecified atom stereocenters. The van der Waals surface area contributed by atoms with Gasteiger partial charge in [0.2, 0.25) is 5.91 Å². The molecule has 0 saturated heterocycles. The second kappa shape index (κ2) is 4.85. The lowest BCUT2D eigenvalue weighted by atomic mass is 9.96. The fourth-order valence-corrected chi connectivity index (χ4v) is 1.92. The van der Waals surface area contributed by atoms with Gasteiger partial charge in [0.25, 0.3) is 5.91 Å². The number of carbonyl (C=O) groups excluding carboxylic acids is 2. The highest BCUT2D eigenvalue weighted by molar-refractivity contribution is 6.33. The van der Waals surface area contributed by atoms with Crippen LogP contribution in [-0.2, 0) is 9.59 Å². The highest BCUT2D eigenvalue weighted by atomic mass is 35.5. The highest BCUT2D eigenvalue weighted by Gasteiger charge is 2.33. The molecule has 88 valence electrons. The first-order chi connectivity index (χ1) is 8.11. The summed E-state index contributed by atoms with van der Waals surface area (Å²) in [5.74, 6) is -1.71. The van der Waals surface area contributed by atoms with Gasteiger partial charge in [0.15, 0.2) is 0 Å². The maximum Gasteiger partial charge on any atom is 0.264 e. The summed E-state index contributed by atoms with van der Waals surface area (Å²) in [5, 5.41) is 2.95. The third-order valence-corrected chi connectivity index (χ3v) is 2.82. The van der Waals surface area contributed by atoms with Gasteiger partial charge in [-0.25, -0.2) is 0 Å². The second-order valence-corrected chi connectivity index (χ2v) is 4.21. The quantitative estimate of drug-likeness (QED) is 0.657. The first-order valence-corrected chi connectivity index (χ1v) is 5.77. The Morgan fingerprint density at radius 2 is 2.12 bits per heavy atom. The summed E-state index contributed by atoms with van der Waals surface area (Å²) in [5.41, 5.74) is 0.525. The van der Waals surface area contributed by atoms with E-state index in [2.05, 4.69) is 10.3 Å². The van der Waals surface area contributed by atoms with Gasteiger partial charge in [-0.3, -0.25) is 9.59 Å². The first-order valence-electron chi connectivity index (χ1n) is 4.85. The van der Waals surface area contributed by atoms with Crippen molar-refractivity contribution in [2.24, 2.45) is 4.99 Å². The van der Waals surface area contributed by atoms with Crippen LogP contribution in [0.25, 0.3) is 0 Å². The Balaban J connectivity index is 2.37. The van der Waals surface area contributed by atoms with Gasteiger partial charge in [0.1, 0.15) is 11.8 Å². The van der Waals surface area contributed by atoms with Crippen LogP contribution in [0.5, 0.6) is 0 Å². The van der Waals surface area contributed by atoms with Crippen LogP contribution in [0.4, 0.5) is 0 Å². The summed E-state index contributed by atoms with van der Waals surface area (Å²) < 4.78 is 0. The van der Waals surface area contributed by atoms with Crippen LogP contribution in [0.3, 0.4) is 0 Å². The maximum absolute atomic E-state index is 11.8. The summed E-state index contributed by atoms with van der Waals surface area (Å²) >= 11 is 11.3. The molecule has 1 aromatic carbocycles. The molecule has 0 aromatic heterocycles. The number of amidine groups is 1. The summed E-state index contributed by atoms with van der Waals surface area (Å²) in [4.78, 5) is 27.2. The average Bonchev–Trinajstić information content (AvgIpc) is 2.28. The van der Waals surface area contributed by atoms with Gasteiger partial charge in [0.05, 0.1) is 5.88 Å². The van der Waals surface area contributed by atoms with Gasteiger partial charge in [-0.2, -0.15) is 4.99 Å². The van der Waals surface area contributed by atoms with Crippen LogP contribution in [0.15, 0.2) is 29.3 Å². The molecular formula is C11H8Cl2N2O2. The largest absolute Gasteiger partial charge is 0.312 e. The van der Waals surface area contributed by atoms with E-state index >= 15 is 0 Å². The number of hydrogen-bond acceptors (Lipinski definition) is 2. The Kier molecular flexibility index (Phi) is 3.45. The van der Waals surface area contributed by atoms with Crippen LogP contribution in [0.2, 0.25) is 5.02 Å². The van der Waals surface area contributed by atoms with E-state index in [1.807, 2.05) is 0 Å². The molecule has 4 nitrogen and oxygen atoms in total. The Morgan fingerprint density at radius 1 is 1.35 bits per heavy atom. The van der Waals surface area contributed by atoms with Crippen molar-refractivity contribution in [2.45, 2.75) is 5.92 Å². The maximum atomic E-state index is 11.8. The number of benzene rings is 1. The van der Waals surface area contributed by atoms with Crippen molar-refractivity contribution < 1.29 is 9.59 Å². The van der Waals surface area contributed by atoms with Gasteiger partial charge in [-0.1, -0.05) is 23.7 Å². The minimum absolute atomic E-state index is 0.000252. The van der Waals surface area contributed by atoms with Gasteiger partial charge in [-0.15, -0.1) is 11.6 Å². The topological polar surface area (TPSA) is 58.5 Å². The van der Waals surface area contributed by atoms with Gasteiger partial charge in [-0.05, 0) is 17.7 Å². The van der Waals surface area contributed by atoms with Crippen LogP contribution < -0.4 is 5.32 Å². The van der Waals surface area contributed by atoms with E-state index in [1.54, 1.807) is 24.3 Å². The zero-order valence-corrected chi connectivity index (χ0v) is 10.1. The molecule has 1 aliphatic heterocycles. The molecule has 0 saturated carbocycles. The average molecular weight is 271 g/mol. The predicted octanol–water partition coefficient (Wildman–Crippen LogP) is 1.72. The number of rotatable bonds is 2.